The highest BCUT2D eigenvalue weighted by atomic mass is 79.9. The maximum atomic E-state index is 12.2. The van der Waals surface area contributed by atoms with Gasteiger partial charge in [0.2, 0.25) is 0 Å². The molecule has 1 amide bonds. The number of ether oxygens (including phenoxy) is 2. The predicted octanol–water partition coefficient (Wildman–Crippen LogP) is 3.78. The second-order valence-electron chi connectivity index (χ2n) is 4.78. The highest BCUT2D eigenvalue weighted by Gasteiger charge is 2.16. The standard InChI is InChI=1S/C16H14BrNO3/c1-10-7-13(9-14-15(10)21-6-5-20-14)18-16(19)11-3-2-4-12(17)8-11/h2-4,7-9H,5-6H2,1H3,(H,18,19). The predicted molar refractivity (Wildman–Crippen MR) is 84.3 cm³/mol. The van der Waals surface area contributed by atoms with Gasteiger partial charge in [-0.25, -0.2) is 0 Å². The highest BCUT2D eigenvalue weighted by molar-refractivity contribution is 9.10. The van der Waals surface area contributed by atoms with Gasteiger partial charge in [-0.05, 0) is 36.8 Å². The van der Waals surface area contributed by atoms with Crippen molar-refractivity contribution in [2.24, 2.45) is 0 Å². The van der Waals surface area contributed by atoms with E-state index in [1.807, 2.05) is 25.1 Å². The minimum atomic E-state index is -0.160. The maximum Gasteiger partial charge on any atom is 0.255 e. The van der Waals surface area contributed by atoms with E-state index in [4.69, 9.17) is 9.47 Å². The van der Waals surface area contributed by atoms with Gasteiger partial charge in [0.1, 0.15) is 13.2 Å². The van der Waals surface area contributed by atoms with Gasteiger partial charge in [-0.15, -0.1) is 0 Å². The number of aryl methyl sites for hydroxylation is 1. The SMILES string of the molecule is Cc1cc(NC(=O)c2cccc(Br)c2)cc2c1OCCO2. The van der Waals surface area contributed by atoms with Gasteiger partial charge in [0.25, 0.3) is 5.91 Å². The third kappa shape index (κ3) is 3.03. The molecule has 1 aliphatic heterocycles. The molecule has 3 rings (SSSR count). The lowest BCUT2D eigenvalue weighted by Gasteiger charge is -2.21. The molecule has 0 fully saturated rings. The largest absolute Gasteiger partial charge is 0.486 e. The molecule has 0 unspecified atom stereocenters. The van der Waals surface area contributed by atoms with E-state index >= 15 is 0 Å². The summed E-state index contributed by atoms with van der Waals surface area (Å²) >= 11 is 3.36. The quantitative estimate of drug-likeness (QED) is 0.899. The molecular weight excluding hydrogens is 334 g/mol. The molecular formula is C16H14BrNO3. The molecule has 0 aliphatic carbocycles. The van der Waals surface area contributed by atoms with Gasteiger partial charge in [-0.3, -0.25) is 4.79 Å². The molecule has 0 saturated heterocycles. The molecule has 2 aromatic rings. The third-order valence-corrected chi connectivity index (χ3v) is 3.67. The number of rotatable bonds is 2. The lowest BCUT2D eigenvalue weighted by atomic mass is 10.1. The molecule has 21 heavy (non-hydrogen) atoms. The molecule has 108 valence electrons. The van der Waals surface area contributed by atoms with E-state index < -0.39 is 0 Å². The minimum absolute atomic E-state index is 0.160. The van der Waals surface area contributed by atoms with Gasteiger partial charge >= 0.3 is 0 Å². The fourth-order valence-electron chi connectivity index (χ4n) is 2.23. The van der Waals surface area contributed by atoms with Gasteiger partial charge < -0.3 is 14.8 Å². The van der Waals surface area contributed by atoms with Gasteiger partial charge in [-0.2, -0.15) is 0 Å². The van der Waals surface area contributed by atoms with Crippen LogP contribution in [0.25, 0.3) is 0 Å². The number of carbonyl (C=O) groups is 1. The Labute approximate surface area is 131 Å². The van der Waals surface area contributed by atoms with Crippen LogP contribution in [-0.4, -0.2) is 19.1 Å². The molecule has 0 bridgehead atoms. The first-order valence-electron chi connectivity index (χ1n) is 6.60. The average Bonchev–Trinajstić information content (AvgIpc) is 2.47. The summed E-state index contributed by atoms with van der Waals surface area (Å²) in [6.07, 6.45) is 0. The second kappa shape index (κ2) is 5.77. The molecule has 0 saturated carbocycles. The van der Waals surface area contributed by atoms with Crippen LogP contribution in [0.15, 0.2) is 40.9 Å². The van der Waals surface area contributed by atoms with Gasteiger partial charge in [0.15, 0.2) is 11.5 Å². The smallest absolute Gasteiger partial charge is 0.255 e. The van der Waals surface area contributed by atoms with Crippen LogP contribution in [0.2, 0.25) is 0 Å². The van der Waals surface area contributed by atoms with Gasteiger partial charge in [0.05, 0.1) is 0 Å². The zero-order valence-corrected chi connectivity index (χ0v) is 13.1. The molecule has 0 atom stereocenters. The fourth-order valence-corrected chi connectivity index (χ4v) is 2.63. The summed E-state index contributed by atoms with van der Waals surface area (Å²) < 4.78 is 12.0. The lowest BCUT2D eigenvalue weighted by Crippen LogP contribution is -2.17. The van der Waals surface area contributed by atoms with Crippen LogP contribution in [0.5, 0.6) is 11.5 Å². The molecule has 0 spiro atoms. The summed E-state index contributed by atoms with van der Waals surface area (Å²) in [6, 6.07) is 10.9. The van der Waals surface area contributed by atoms with Crippen molar-refractivity contribution in [3.8, 4) is 11.5 Å². The zero-order valence-electron chi connectivity index (χ0n) is 11.5. The van der Waals surface area contributed by atoms with Crippen LogP contribution in [-0.2, 0) is 0 Å². The van der Waals surface area contributed by atoms with E-state index in [0.717, 1.165) is 15.8 Å². The van der Waals surface area contributed by atoms with E-state index in [0.29, 0.717) is 30.2 Å². The summed E-state index contributed by atoms with van der Waals surface area (Å²) in [5.74, 6) is 1.26. The average molecular weight is 348 g/mol. The number of fused-ring (bicyclic) bond motifs is 1. The highest BCUT2D eigenvalue weighted by Crippen LogP contribution is 2.36. The summed E-state index contributed by atoms with van der Waals surface area (Å²) in [4.78, 5) is 12.2. The molecule has 2 aromatic carbocycles. The first-order valence-corrected chi connectivity index (χ1v) is 7.40. The van der Waals surface area contributed by atoms with Crippen molar-refractivity contribution in [1.29, 1.82) is 0 Å². The first-order chi connectivity index (χ1) is 10.1. The summed E-state index contributed by atoms with van der Waals surface area (Å²) in [5, 5.41) is 2.88. The topological polar surface area (TPSA) is 47.6 Å². The number of anilines is 1. The molecule has 1 N–H and O–H groups in total. The van der Waals surface area contributed by atoms with E-state index in [2.05, 4.69) is 21.2 Å². The van der Waals surface area contributed by atoms with Crippen LogP contribution < -0.4 is 14.8 Å². The number of hydrogen-bond donors (Lipinski definition) is 1. The van der Waals surface area contributed by atoms with Crippen molar-refractivity contribution >= 4 is 27.5 Å². The number of nitrogens with one attached hydrogen (secondary N) is 1. The normalized spacial score (nSPS) is 12.9. The first kappa shape index (κ1) is 13.9. The monoisotopic (exact) mass is 347 g/mol. The number of carbonyl (C=O) groups excluding carboxylic acids is 1. The van der Waals surface area contributed by atoms with Crippen molar-refractivity contribution in [2.45, 2.75) is 6.92 Å². The van der Waals surface area contributed by atoms with Gasteiger partial charge in [-0.1, -0.05) is 22.0 Å². The van der Waals surface area contributed by atoms with Crippen molar-refractivity contribution in [3.05, 3.63) is 52.0 Å². The molecule has 1 heterocycles. The number of benzene rings is 2. The number of hydrogen-bond acceptors (Lipinski definition) is 3. The van der Waals surface area contributed by atoms with Crippen molar-refractivity contribution in [2.75, 3.05) is 18.5 Å². The van der Waals surface area contributed by atoms with Crippen LogP contribution in [0.1, 0.15) is 15.9 Å². The Morgan fingerprint density at radius 2 is 2.00 bits per heavy atom. The Morgan fingerprint density at radius 3 is 2.81 bits per heavy atom. The minimum Gasteiger partial charge on any atom is -0.486 e. The Bertz CT molecular complexity index is 700. The van der Waals surface area contributed by atoms with E-state index in [-0.39, 0.29) is 5.91 Å². The summed E-state index contributed by atoms with van der Waals surface area (Å²) in [5.41, 5.74) is 2.23. The maximum absolute atomic E-state index is 12.2. The molecule has 4 nitrogen and oxygen atoms in total. The van der Waals surface area contributed by atoms with E-state index in [1.165, 1.54) is 0 Å². The van der Waals surface area contributed by atoms with Crippen LogP contribution >= 0.6 is 15.9 Å². The van der Waals surface area contributed by atoms with Crippen molar-refractivity contribution < 1.29 is 14.3 Å². The summed E-state index contributed by atoms with van der Waals surface area (Å²) in [7, 11) is 0. The van der Waals surface area contributed by atoms with E-state index in [1.54, 1.807) is 18.2 Å². The Balaban J connectivity index is 1.85. The second-order valence-corrected chi connectivity index (χ2v) is 5.70. The van der Waals surface area contributed by atoms with Crippen molar-refractivity contribution in [1.82, 2.24) is 0 Å². The van der Waals surface area contributed by atoms with Crippen LogP contribution in [0.3, 0.4) is 0 Å². The van der Waals surface area contributed by atoms with Gasteiger partial charge in [0, 0.05) is 21.8 Å². The lowest BCUT2D eigenvalue weighted by molar-refractivity contribution is 0.102. The Kier molecular flexibility index (Phi) is 3.84. The van der Waals surface area contributed by atoms with Crippen LogP contribution in [0, 0.1) is 6.92 Å². The molecule has 0 aromatic heterocycles. The summed E-state index contributed by atoms with van der Waals surface area (Å²) in [6.45, 7) is 3.01. The Morgan fingerprint density at radius 1 is 1.19 bits per heavy atom. The van der Waals surface area contributed by atoms with E-state index in [9.17, 15) is 4.79 Å². The third-order valence-electron chi connectivity index (χ3n) is 3.17. The number of amides is 1. The molecule has 0 radical (unpaired) electrons. The van der Waals surface area contributed by atoms with Crippen LogP contribution in [0.4, 0.5) is 5.69 Å². The molecule has 5 heteroatoms. The van der Waals surface area contributed by atoms with Crippen molar-refractivity contribution in [3.63, 3.8) is 0 Å². The fraction of sp³-hybridized carbons (Fsp3) is 0.188. The molecule has 1 aliphatic rings. The zero-order chi connectivity index (χ0) is 14.8. The Hall–Kier alpha value is -2.01. The number of halogens is 1.